The molecule has 7 heteroatoms. The molecule has 2 amide bonds. The number of amides is 2. The number of nitrogens with zero attached hydrogens (tertiary/aromatic N) is 2. The number of rotatable bonds is 6. The minimum absolute atomic E-state index is 0.0427. The molecule has 3 rings (SSSR count). The second-order valence-electron chi connectivity index (χ2n) is 7.33. The second-order valence-corrected chi connectivity index (χ2v) is 7.33. The van der Waals surface area contributed by atoms with E-state index >= 15 is 0 Å². The Morgan fingerprint density at radius 1 is 1.10 bits per heavy atom. The zero-order valence-electron chi connectivity index (χ0n) is 16.2. The maximum atomic E-state index is 13.2. The molecule has 2 aromatic rings. The van der Waals surface area contributed by atoms with Gasteiger partial charge in [0.15, 0.2) is 0 Å². The average Bonchev–Trinajstić information content (AvgIpc) is 3.06. The molecule has 1 unspecified atom stereocenters. The van der Waals surface area contributed by atoms with E-state index in [1.54, 1.807) is 4.90 Å². The van der Waals surface area contributed by atoms with Crippen molar-refractivity contribution < 1.29 is 22.8 Å². The number of halogens is 3. The molecule has 0 aliphatic carbocycles. The zero-order chi connectivity index (χ0) is 21.0. The van der Waals surface area contributed by atoms with Gasteiger partial charge in [-0.25, -0.2) is 0 Å². The predicted molar refractivity (Wildman–Crippen MR) is 103 cm³/mol. The molecule has 2 aromatic carbocycles. The molecule has 0 bridgehead atoms. The Bertz CT molecular complexity index is 868. The van der Waals surface area contributed by atoms with Crippen molar-refractivity contribution in [1.29, 1.82) is 0 Å². The number of alkyl halides is 3. The lowest BCUT2D eigenvalue weighted by molar-refractivity contribution is -0.140. The van der Waals surface area contributed by atoms with Gasteiger partial charge >= 0.3 is 6.18 Å². The minimum Gasteiger partial charge on any atom is -0.342 e. The summed E-state index contributed by atoms with van der Waals surface area (Å²) in [5.74, 6) is -0.928. The highest BCUT2D eigenvalue weighted by Gasteiger charge is 2.37. The van der Waals surface area contributed by atoms with Crippen LogP contribution in [0.2, 0.25) is 0 Å². The summed E-state index contributed by atoms with van der Waals surface area (Å²) in [5, 5.41) is 0. The molecule has 1 aliphatic heterocycles. The van der Waals surface area contributed by atoms with Crippen molar-refractivity contribution in [2.24, 2.45) is 5.92 Å². The molecule has 1 saturated heterocycles. The van der Waals surface area contributed by atoms with Crippen LogP contribution < -0.4 is 0 Å². The van der Waals surface area contributed by atoms with E-state index in [1.807, 2.05) is 30.3 Å². The molecule has 1 atom stereocenters. The molecule has 1 fully saturated rings. The van der Waals surface area contributed by atoms with Gasteiger partial charge in [0.05, 0.1) is 11.5 Å². The van der Waals surface area contributed by atoms with Crippen LogP contribution in [0.25, 0.3) is 0 Å². The average molecular weight is 404 g/mol. The quantitative estimate of drug-likeness (QED) is 0.736. The third-order valence-electron chi connectivity index (χ3n) is 5.18. The van der Waals surface area contributed by atoms with Gasteiger partial charge in [0.25, 0.3) is 0 Å². The molecule has 29 heavy (non-hydrogen) atoms. The first kappa shape index (κ1) is 20.9. The van der Waals surface area contributed by atoms with Crippen molar-refractivity contribution in [2.75, 3.05) is 20.1 Å². The van der Waals surface area contributed by atoms with Gasteiger partial charge in [-0.2, -0.15) is 13.2 Å². The van der Waals surface area contributed by atoms with E-state index in [0.29, 0.717) is 19.5 Å². The van der Waals surface area contributed by atoms with Gasteiger partial charge in [-0.3, -0.25) is 9.59 Å². The first-order chi connectivity index (χ1) is 13.8. The summed E-state index contributed by atoms with van der Waals surface area (Å²) in [6.45, 7) is 0.673. The summed E-state index contributed by atoms with van der Waals surface area (Å²) in [6, 6.07) is 15.0. The summed E-state index contributed by atoms with van der Waals surface area (Å²) in [7, 11) is 1.48. The Morgan fingerprint density at radius 3 is 2.45 bits per heavy atom. The summed E-state index contributed by atoms with van der Waals surface area (Å²) in [5.41, 5.74) is 0.406. The van der Waals surface area contributed by atoms with Crippen LogP contribution in [0, 0.1) is 5.92 Å². The topological polar surface area (TPSA) is 40.6 Å². The van der Waals surface area contributed by atoms with Gasteiger partial charge in [-0.1, -0.05) is 48.5 Å². The van der Waals surface area contributed by atoms with Crippen molar-refractivity contribution in [2.45, 2.75) is 25.6 Å². The highest BCUT2D eigenvalue weighted by atomic mass is 19.4. The van der Waals surface area contributed by atoms with Gasteiger partial charge in [0.1, 0.15) is 0 Å². The molecule has 1 heterocycles. The lowest BCUT2D eigenvalue weighted by atomic mass is 10.0. The van der Waals surface area contributed by atoms with E-state index in [1.165, 1.54) is 30.1 Å². The summed E-state index contributed by atoms with van der Waals surface area (Å²) < 4.78 is 39.5. The van der Waals surface area contributed by atoms with Crippen LogP contribution in [-0.2, 0) is 28.7 Å². The largest absolute Gasteiger partial charge is 0.416 e. The third-order valence-corrected chi connectivity index (χ3v) is 5.18. The van der Waals surface area contributed by atoms with Gasteiger partial charge in [-0.05, 0) is 23.6 Å². The maximum absolute atomic E-state index is 13.2. The number of benzene rings is 2. The fraction of sp³-hybridized carbons (Fsp3) is 0.364. The molecule has 0 saturated carbocycles. The Hall–Kier alpha value is -2.83. The van der Waals surface area contributed by atoms with E-state index in [2.05, 4.69) is 0 Å². The van der Waals surface area contributed by atoms with Crippen LogP contribution in [0.15, 0.2) is 54.6 Å². The smallest absolute Gasteiger partial charge is 0.342 e. The first-order valence-corrected chi connectivity index (χ1v) is 9.47. The SMILES string of the molecule is CN(Cc1ccccc1C(F)(F)F)C(=O)C1CC(=O)N(CCc2ccccc2)C1. The van der Waals surface area contributed by atoms with Crippen molar-refractivity contribution in [3.05, 3.63) is 71.3 Å². The zero-order valence-corrected chi connectivity index (χ0v) is 16.2. The number of carbonyl (C=O) groups is 2. The monoisotopic (exact) mass is 404 g/mol. The number of carbonyl (C=O) groups excluding carboxylic acids is 2. The molecule has 0 N–H and O–H groups in total. The lowest BCUT2D eigenvalue weighted by Gasteiger charge is -2.23. The minimum atomic E-state index is -4.47. The van der Waals surface area contributed by atoms with Gasteiger partial charge < -0.3 is 9.80 Å². The Morgan fingerprint density at radius 2 is 1.76 bits per heavy atom. The Balaban J connectivity index is 1.60. The maximum Gasteiger partial charge on any atom is 0.416 e. The van der Waals surface area contributed by atoms with Crippen LogP contribution in [0.1, 0.15) is 23.1 Å². The molecule has 0 spiro atoms. The Kier molecular flexibility index (Phi) is 6.25. The number of hydrogen-bond acceptors (Lipinski definition) is 2. The summed E-state index contributed by atoms with van der Waals surface area (Å²) in [6.07, 6.45) is -3.68. The fourth-order valence-electron chi connectivity index (χ4n) is 3.64. The molecule has 0 radical (unpaired) electrons. The van der Waals surface area contributed by atoms with Crippen molar-refractivity contribution in [3.63, 3.8) is 0 Å². The van der Waals surface area contributed by atoms with Crippen molar-refractivity contribution in [1.82, 2.24) is 9.80 Å². The van der Waals surface area contributed by atoms with Gasteiger partial charge in [-0.15, -0.1) is 0 Å². The van der Waals surface area contributed by atoms with E-state index in [4.69, 9.17) is 0 Å². The van der Waals surface area contributed by atoms with Gasteiger partial charge in [0.2, 0.25) is 11.8 Å². The van der Waals surface area contributed by atoms with E-state index in [-0.39, 0.29) is 30.3 Å². The highest BCUT2D eigenvalue weighted by molar-refractivity contribution is 5.89. The number of hydrogen-bond donors (Lipinski definition) is 0. The fourth-order valence-corrected chi connectivity index (χ4v) is 3.64. The second kappa shape index (κ2) is 8.68. The van der Waals surface area contributed by atoms with Crippen LogP contribution in [-0.4, -0.2) is 41.8 Å². The summed E-state index contributed by atoms with van der Waals surface area (Å²) in [4.78, 5) is 28.0. The molecular formula is C22H23F3N2O2. The first-order valence-electron chi connectivity index (χ1n) is 9.47. The molecule has 4 nitrogen and oxygen atoms in total. The van der Waals surface area contributed by atoms with Crippen LogP contribution in [0.4, 0.5) is 13.2 Å². The molecule has 0 aromatic heterocycles. The van der Waals surface area contributed by atoms with Crippen LogP contribution in [0.3, 0.4) is 0 Å². The summed E-state index contributed by atoms with van der Waals surface area (Å²) >= 11 is 0. The third kappa shape index (κ3) is 5.16. The van der Waals surface area contributed by atoms with E-state index in [0.717, 1.165) is 11.6 Å². The van der Waals surface area contributed by atoms with Crippen molar-refractivity contribution in [3.8, 4) is 0 Å². The van der Waals surface area contributed by atoms with E-state index < -0.39 is 17.7 Å². The standard InChI is InChI=1S/C22H23F3N2O2/c1-26(14-17-9-5-6-10-19(17)22(23,24)25)21(29)18-13-20(28)27(15-18)12-11-16-7-3-2-4-8-16/h2-10,18H,11-15H2,1H3. The highest BCUT2D eigenvalue weighted by Crippen LogP contribution is 2.32. The van der Waals surface area contributed by atoms with Crippen molar-refractivity contribution >= 4 is 11.8 Å². The lowest BCUT2D eigenvalue weighted by Crippen LogP contribution is -2.35. The normalized spacial score (nSPS) is 16.9. The number of likely N-dealkylation sites (tertiary alicyclic amines) is 1. The molecular weight excluding hydrogens is 381 g/mol. The van der Waals surface area contributed by atoms with Gasteiger partial charge in [0, 0.05) is 33.1 Å². The predicted octanol–water partition coefficient (Wildman–Crippen LogP) is 3.76. The molecule has 1 aliphatic rings. The van der Waals surface area contributed by atoms with Crippen LogP contribution >= 0.6 is 0 Å². The Labute approximate surface area is 167 Å². The van der Waals surface area contributed by atoms with E-state index in [9.17, 15) is 22.8 Å². The molecule has 154 valence electrons. The van der Waals surface area contributed by atoms with Crippen LogP contribution in [0.5, 0.6) is 0 Å².